The molecule has 29 heavy (non-hydrogen) atoms. The lowest BCUT2D eigenvalue weighted by Gasteiger charge is -2.22. The van der Waals surface area contributed by atoms with E-state index >= 15 is 0 Å². The van der Waals surface area contributed by atoms with Gasteiger partial charge in [0.2, 0.25) is 5.91 Å². The van der Waals surface area contributed by atoms with Gasteiger partial charge in [0.25, 0.3) is 5.91 Å². The van der Waals surface area contributed by atoms with Crippen LogP contribution in [0.15, 0.2) is 53.4 Å². The van der Waals surface area contributed by atoms with Crippen molar-refractivity contribution in [1.82, 2.24) is 10.2 Å². The summed E-state index contributed by atoms with van der Waals surface area (Å²) in [6.07, 6.45) is 3.91. The number of imide groups is 1. The van der Waals surface area contributed by atoms with Crippen molar-refractivity contribution in [1.29, 1.82) is 0 Å². The summed E-state index contributed by atoms with van der Waals surface area (Å²) in [6, 6.07) is 14.5. The average molecular weight is 412 g/mol. The molecular formula is C22H25N3O3S. The average Bonchev–Trinajstić information content (AvgIpc) is 2.93. The monoisotopic (exact) mass is 411 g/mol. The Labute approximate surface area is 175 Å². The summed E-state index contributed by atoms with van der Waals surface area (Å²) in [4.78, 5) is 39.9. The molecule has 1 atom stereocenters. The summed E-state index contributed by atoms with van der Waals surface area (Å²) in [5.74, 6) is -0.850. The van der Waals surface area contributed by atoms with E-state index in [0.717, 1.165) is 22.6 Å². The Morgan fingerprint density at radius 1 is 1.14 bits per heavy atom. The second-order valence-corrected chi connectivity index (χ2v) is 7.99. The minimum Gasteiger partial charge on any atom is -0.324 e. The summed E-state index contributed by atoms with van der Waals surface area (Å²) in [5.41, 5.74) is 1.36. The van der Waals surface area contributed by atoms with Crippen molar-refractivity contribution < 1.29 is 14.4 Å². The molecule has 0 aromatic heterocycles. The first-order chi connectivity index (χ1) is 13.9. The first-order valence-electron chi connectivity index (χ1n) is 9.55. The van der Waals surface area contributed by atoms with Crippen molar-refractivity contribution in [2.75, 3.05) is 18.1 Å². The van der Waals surface area contributed by atoms with Crippen LogP contribution in [0.25, 0.3) is 0 Å². The quantitative estimate of drug-likeness (QED) is 0.537. The van der Waals surface area contributed by atoms with Gasteiger partial charge in [0.05, 0.1) is 5.69 Å². The standard InChI is InChI=1S/C22H25N3O3S/c1-4-7-15-10-12-16(13-11-15)22(2)20(27)25(21(28)24-22)14-19(26)23-17-8-5-6-9-18(17)29-3/h5-6,8-13H,4,7,14H2,1-3H3,(H,23,26)(H,24,28)/t22-/m0/s1. The second-order valence-electron chi connectivity index (χ2n) is 7.14. The van der Waals surface area contributed by atoms with E-state index in [4.69, 9.17) is 0 Å². The van der Waals surface area contributed by atoms with Crippen LogP contribution in [-0.4, -0.2) is 35.5 Å². The number of carbonyl (C=O) groups is 3. The van der Waals surface area contributed by atoms with Crippen LogP contribution in [0.3, 0.4) is 0 Å². The molecule has 4 amide bonds. The van der Waals surface area contributed by atoms with Crippen molar-refractivity contribution in [3.8, 4) is 0 Å². The number of aryl methyl sites for hydroxylation is 1. The van der Waals surface area contributed by atoms with Gasteiger partial charge in [0.1, 0.15) is 12.1 Å². The molecule has 1 aliphatic rings. The fourth-order valence-corrected chi connectivity index (χ4v) is 3.96. The molecule has 1 saturated heterocycles. The lowest BCUT2D eigenvalue weighted by molar-refractivity contribution is -0.133. The van der Waals surface area contributed by atoms with Gasteiger partial charge < -0.3 is 10.6 Å². The first-order valence-corrected chi connectivity index (χ1v) is 10.8. The van der Waals surface area contributed by atoms with Gasteiger partial charge in [-0.2, -0.15) is 0 Å². The maximum atomic E-state index is 13.0. The molecule has 2 aromatic carbocycles. The fourth-order valence-electron chi connectivity index (χ4n) is 3.41. The Bertz CT molecular complexity index is 929. The summed E-state index contributed by atoms with van der Waals surface area (Å²) in [5, 5.41) is 5.53. The van der Waals surface area contributed by atoms with Gasteiger partial charge in [0, 0.05) is 4.90 Å². The highest BCUT2D eigenvalue weighted by Crippen LogP contribution is 2.29. The largest absolute Gasteiger partial charge is 0.325 e. The first kappa shape index (κ1) is 20.9. The van der Waals surface area contributed by atoms with Crippen LogP contribution in [0.5, 0.6) is 0 Å². The molecule has 7 heteroatoms. The number of urea groups is 1. The van der Waals surface area contributed by atoms with Gasteiger partial charge >= 0.3 is 6.03 Å². The van der Waals surface area contributed by atoms with Gasteiger partial charge in [0.15, 0.2) is 0 Å². The summed E-state index contributed by atoms with van der Waals surface area (Å²) >= 11 is 1.51. The molecule has 0 bridgehead atoms. The molecule has 152 valence electrons. The minimum atomic E-state index is -1.18. The number of hydrogen-bond donors (Lipinski definition) is 2. The summed E-state index contributed by atoms with van der Waals surface area (Å²) < 4.78 is 0. The number of nitrogens with one attached hydrogen (secondary N) is 2. The molecule has 1 aliphatic heterocycles. The van der Waals surface area contributed by atoms with Crippen LogP contribution in [0.1, 0.15) is 31.4 Å². The van der Waals surface area contributed by atoms with Crippen LogP contribution < -0.4 is 10.6 Å². The van der Waals surface area contributed by atoms with Gasteiger partial charge in [-0.15, -0.1) is 11.8 Å². The van der Waals surface area contributed by atoms with E-state index in [1.165, 1.54) is 17.3 Å². The SMILES string of the molecule is CCCc1ccc([C@]2(C)NC(=O)N(CC(=O)Nc3ccccc3SC)C2=O)cc1. The second kappa shape index (κ2) is 8.69. The highest BCUT2D eigenvalue weighted by molar-refractivity contribution is 7.98. The molecule has 0 radical (unpaired) electrons. The van der Waals surface area contributed by atoms with Gasteiger partial charge in [-0.1, -0.05) is 49.7 Å². The maximum Gasteiger partial charge on any atom is 0.325 e. The van der Waals surface area contributed by atoms with E-state index in [1.54, 1.807) is 13.0 Å². The fraction of sp³-hybridized carbons (Fsp3) is 0.318. The topological polar surface area (TPSA) is 78.5 Å². The van der Waals surface area contributed by atoms with E-state index in [9.17, 15) is 14.4 Å². The number of benzene rings is 2. The highest BCUT2D eigenvalue weighted by atomic mass is 32.2. The Morgan fingerprint density at radius 2 is 1.83 bits per heavy atom. The molecule has 0 aliphatic carbocycles. The lowest BCUT2D eigenvalue weighted by atomic mass is 9.91. The van der Waals surface area contributed by atoms with E-state index in [1.807, 2.05) is 48.7 Å². The molecule has 3 rings (SSSR count). The van der Waals surface area contributed by atoms with Crippen molar-refractivity contribution in [2.45, 2.75) is 37.1 Å². The van der Waals surface area contributed by atoms with E-state index in [-0.39, 0.29) is 6.54 Å². The van der Waals surface area contributed by atoms with E-state index in [2.05, 4.69) is 17.6 Å². The number of rotatable bonds is 7. The van der Waals surface area contributed by atoms with Crippen molar-refractivity contribution >= 4 is 35.3 Å². The van der Waals surface area contributed by atoms with Crippen molar-refractivity contribution in [2.24, 2.45) is 0 Å². The third-order valence-electron chi connectivity index (χ3n) is 5.03. The van der Waals surface area contributed by atoms with Crippen molar-refractivity contribution in [3.63, 3.8) is 0 Å². The predicted octanol–water partition coefficient (Wildman–Crippen LogP) is 3.77. The molecular weight excluding hydrogens is 386 g/mol. The molecule has 1 heterocycles. The van der Waals surface area contributed by atoms with Crippen LogP contribution in [-0.2, 0) is 21.5 Å². The smallest absolute Gasteiger partial charge is 0.324 e. The van der Waals surface area contributed by atoms with Crippen LogP contribution in [0, 0.1) is 0 Å². The molecule has 0 spiro atoms. The third-order valence-corrected chi connectivity index (χ3v) is 5.82. The Balaban J connectivity index is 1.73. The number of nitrogens with zero attached hydrogens (tertiary/aromatic N) is 1. The Kier molecular flexibility index (Phi) is 6.27. The van der Waals surface area contributed by atoms with E-state index in [0.29, 0.717) is 11.3 Å². The highest BCUT2D eigenvalue weighted by Gasteiger charge is 2.49. The Hall–Kier alpha value is -2.80. The molecule has 2 aromatic rings. The predicted molar refractivity (Wildman–Crippen MR) is 115 cm³/mol. The molecule has 2 N–H and O–H groups in total. The lowest BCUT2D eigenvalue weighted by Crippen LogP contribution is -2.42. The molecule has 6 nitrogen and oxygen atoms in total. The summed E-state index contributed by atoms with van der Waals surface area (Å²) in [7, 11) is 0. The molecule has 0 unspecified atom stereocenters. The summed E-state index contributed by atoms with van der Waals surface area (Å²) in [6.45, 7) is 3.44. The van der Waals surface area contributed by atoms with Crippen LogP contribution in [0.4, 0.5) is 10.5 Å². The van der Waals surface area contributed by atoms with E-state index < -0.39 is 23.4 Å². The zero-order chi connectivity index (χ0) is 21.0. The van der Waals surface area contributed by atoms with Crippen LogP contribution in [0.2, 0.25) is 0 Å². The molecule has 0 saturated carbocycles. The number of amides is 4. The Morgan fingerprint density at radius 3 is 2.48 bits per heavy atom. The zero-order valence-electron chi connectivity index (χ0n) is 16.8. The minimum absolute atomic E-state index is 0.336. The van der Waals surface area contributed by atoms with Gasteiger partial charge in [-0.3, -0.25) is 14.5 Å². The number of thioether (sulfide) groups is 1. The molecule has 1 fully saturated rings. The number of carbonyl (C=O) groups excluding carboxylic acids is 3. The maximum absolute atomic E-state index is 13.0. The van der Waals surface area contributed by atoms with Crippen LogP contribution >= 0.6 is 11.8 Å². The van der Waals surface area contributed by atoms with Gasteiger partial charge in [-0.05, 0) is 42.9 Å². The van der Waals surface area contributed by atoms with Crippen molar-refractivity contribution in [3.05, 3.63) is 59.7 Å². The van der Waals surface area contributed by atoms with Gasteiger partial charge in [-0.25, -0.2) is 4.79 Å². The normalized spacial score (nSPS) is 18.7. The number of para-hydroxylation sites is 1. The zero-order valence-corrected chi connectivity index (χ0v) is 17.6. The number of anilines is 1. The third kappa shape index (κ3) is 4.29. The number of hydrogen-bond acceptors (Lipinski definition) is 4.